The first-order valence-corrected chi connectivity index (χ1v) is 25.0. The van der Waals surface area contributed by atoms with Crippen LogP contribution >= 0.6 is 0 Å². The first-order chi connectivity index (χ1) is 31.0. The van der Waals surface area contributed by atoms with Crippen LogP contribution in [0.5, 0.6) is 0 Å². The Morgan fingerprint density at radius 3 is 1.16 bits per heavy atom. The summed E-state index contributed by atoms with van der Waals surface area (Å²) in [5.41, 5.74) is 0. The first kappa shape index (κ1) is 58.8. The third-order valence-electron chi connectivity index (χ3n) is 9.93. The molecule has 0 saturated heterocycles. The number of carbonyl (C=O) groups excluding carboxylic acids is 3. The summed E-state index contributed by atoms with van der Waals surface area (Å²) in [5.74, 6) is -1.07. The van der Waals surface area contributed by atoms with Gasteiger partial charge in [0.2, 0.25) is 0 Å². The maximum Gasteiger partial charge on any atom is 0.306 e. The van der Waals surface area contributed by atoms with Crippen molar-refractivity contribution >= 4 is 17.9 Å². The average molecular weight is 871 g/mol. The highest BCUT2D eigenvalue weighted by Crippen LogP contribution is 2.11. The largest absolute Gasteiger partial charge is 0.462 e. The molecule has 0 aromatic rings. The molecule has 0 fully saturated rings. The van der Waals surface area contributed by atoms with Crippen LogP contribution in [0.15, 0.2) is 122 Å². The molecule has 6 heteroatoms. The van der Waals surface area contributed by atoms with E-state index >= 15 is 0 Å². The molecule has 0 aliphatic heterocycles. The minimum Gasteiger partial charge on any atom is -0.462 e. The highest BCUT2D eigenvalue weighted by molar-refractivity contribution is 5.71. The minimum absolute atomic E-state index is 0.128. The molecule has 0 aromatic heterocycles. The van der Waals surface area contributed by atoms with E-state index < -0.39 is 6.10 Å². The van der Waals surface area contributed by atoms with Crippen LogP contribution in [0.2, 0.25) is 0 Å². The Morgan fingerprint density at radius 1 is 0.333 bits per heavy atom. The summed E-state index contributed by atoms with van der Waals surface area (Å²) < 4.78 is 16.6. The lowest BCUT2D eigenvalue weighted by molar-refractivity contribution is -0.166. The Morgan fingerprint density at radius 2 is 0.667 bits per heavy atom. The van der Waals surface area contributed by atoms with Crippen LogP contribution in [0, 0.1) is 0 Å². The molecule has 0 aliphatic carbocycles. The number of hydrogen-bond donors (Lipinski definition) is 0. The number of carbonyl (C=O) groups is 3. The maximum absolute atomic E-state index is 12.7. The molecular weight excluding hydrogens is 781 g/mol. The summed E-state index contributed by atoms with van der Waals surface area (Å²) in [6, 6.07) is 0. The lowest BCUT2D eigenvalue weighted by Gasteiger charge is -2.18. The van der Waals surface area contributed by atoms with Gasteiger partial charge < -0.3 is 14.2 Å². The summed E-state index contributed by atoms with van der Waals surface area (Å²) in [6.07, 6.45) is 69.1. The molecule has 0 spiro atoms. The predicted octanol–water partition coefficient (Wildman–Crippen LogP) is 16.5. The van der Waals surface area contributed by atoms with Crippen LogP contribution in [0.1, 0.15) is 201 Å². The zero-order chi connectivity index (χ0) is 45.8. The van der Waals surface area contributed by atoms with Crippen LogP contribution in [0.3, 0.4) is 0 Å². The molecule has 0 aliphatic rings. The smallest absolute Gasteiger partial charge is 0.306 e. The minimum atomic E-state index is -0.830. The van der Waals surface area contributed by atoms with E-state index in [1.54, 1.807) is 0 Å². The van der Waals surface area contributed by atoms with Crippen molar-refractivity contribution in [3.05, 3.63) is 122 Å². The van der Waals surface area contributed by atoms with Crippen molar-refractivity contribution < 1.29 is 28.6 Å². The van der Waals surface area contributed by atoms with E-state index in [0.29, 0.717) is 19.3 Å². The second kappa shape index (κ2) is 50.5. The van der Waals surface area contributed by atoms with Gasteiger partial charge in [-0.1, -0.05) is 187 Å². The standard InChI is InChI=1S/C57H90O6/c1-4-7-10-13-16-19-22-24-26-27-28-29-31-33-36-38-41-44-47-50-56(59)62-53-54(63-57(60)51-48-45-42-39-34-21-18-15-12-9-6-3)52-61-55(58)49-46-43-40-37-35-32-30-25-23-20-17-14-11-8-5-2/h7,10,15-20,24-26,28-30,33,35-37,41,44,54H,4-6,8-9,11-14,21-23,27,31-32,34,38-40,42-43,45-53H2,1-3H3/b10-7-,18-15-,19-16-,20-17-,26-24-,29-28-,30-25-,36-33-,37-35-,44-41-/t54-/m0/s1. The molecule has 1 atom stereocenters. The van der Waals surface area contributed by atoms with E-state index in [-0.39, 0.29) is 44.0 Å². The highest BCUT2D eigenvalue weighted by Gasteiger charge is 2.19. The lowest BCUT2D eigenvalue weighted by Crippen LogP contribution is -2.30. The van der Waals surface area contributed by atoms with Gasteiger partial charge in [-0.25, -0.2) is 0 Å². The summed E-state index contributed by atoms with van der Waals surface area (Å²) in [5, 5.41) is 0. The van der Waals surface area contributed by atoms with Crippen LogP contribution in [-0.2, 0) is 28.6 Å². The predicted molar refractivity (Wildman–Crippen MR) is 269 cm³/mol. The summed E-state index contributed by atoms with van der Waals surface area (Å²) in [6.45, 7) is 6.32. The first-order valence-electron chi connectivity index (χ1n) is 25.0. The molecule has 0 heterocycles. The molecule has 6 nitrogen and oxygen atoms in total. The fraction of sp³-hybridized carbons (Fsp3) is 0.596. The molecule has 0 bridgehead atoms. The number of ether oxygens (including phenoxy) is 3. The van der Waals surface area contributed by atoms with Crippen molar-refractivity contribution in [2.75, 3.05) is 13.2 Å². The zero-order valence-electron chi connectivity index (χ0n) is 40.3. The Labute approximate surface area is 386 Å². The number of allylic oxidation sites excluding steroid dienone is 20. The van der Waals surface area contributed by atoms with Gasteiger partial charge in [-0.15, -0.1) is 0 Å². The van der Waals surface area contributed by atoms with Crippen molar-refractivity contribution in [1.29, 1.82) is 0 Å². The molecule has 0 radical (unpaired) electrons. The highest BCUT2D eigenvalue weighted by atomic mass is 16.6. The Kier molecular flexibility index (Phi) is 47.1. The molecule has 354 valence electrons. The topological polar surface area (TPSA) is 78.9 Å². The summed E-state index contributed by atoms with van der Waals surface area (Å²) >= 11 is 0. The number of unbranched alkanes of at least 4 members (excludes halogenated alkanes) is 12. The normalized spacial score (nSPS) is 13.1. The van der Waals surface area contributed by atoms with E-state index in [0.717, 1.165) is 109 Å². The third kappa shape index (κ3) is 48.7. The molecule has 0 saturated carbocycles. The molecule has 0 aromatic carbocycles. The van der Waals surface area contributed by atoms with Crippen molar-refractivity contribution in [2.24, 2.45) is 0 Å². The van der Waals surface area contributed by atoms with Crippen LogP contribution in [-0.4, -0.2) is 37.2 Å². The molecule has 0 N–H and O–H groups in total. The molecular formula is C57H90O6. The quantitative estimate of drug-likeness (QED) is 0.0263. The second-order valence-corrected chi connectivity index (χ2v) is 16.0. The van der Waals surface area contributed by atoms with E-state index in [2.05, 4.69) is 130 Å². The fourth-order valence-electron chi connectivity index (χ4n) is 6.16. The zero-order valence-corrected chi connectivity index (χ0v) is 40.3. The monoisotopic (exact) mass is 871 g/mol. The van der Waals surface area contributed by atoms with E-state index in [4.69, 9.17) is 14.2 Å². The van der Waals surface area contributed by atoms with Gasteiger partial charge in [0.15, 0.2) is 6.10 Å². The van der Waals surface area contributed by atoms with Gasteiger partial charge in [-0.2, -0.15) is 0 Å². The summed E-state index contributed by atoms with van der Waals surface area (Å²) in [4.78, 5) is 37.9. The third-order valence-corrected chi connectivity index (χ3v) is 9.93. The van der Waals surface area contributed by atoms with Gasteiger partial charge in [0.25, 0.3) is 0 Å². The van der Waals surface area contributed by atoms with Crippen LogP contribution in [0.25, 0.3) is 0 Å². The SMILES string of the molecule is CC/C=C\C/C=C\C/C=C\C/C=C\C/C=C\C/C=C\CCC(=O)OC[C@H](COC(=O)CCCC/C=C\C/C=C\C/C=C\CCCCC)OC(=O)CCCCCCC/C=C\CCCC. The van der Waals surface area contributed by atoms with Gasteiger partial charge >= 0.3 is 17.9 Å². The van der Waals surface area contributed by atoms with Crippen molar-refractivity contribution in [3.63, 3.8) is 0 Å². The number of hydrogen-bond acceptors (Lipinski definition) is 6. The van der Waals surface area contributed by atoms with Crippen molar-refractivity contribution in [3.8, 4) is 0 Å². The van der Waals surface area contributed by atoms with E-state index in [1.165, 1.54) is 38.5 Å². The number of esters is 3. The summed E-state index contributed by atoms with van der Waals surface area (Å²) in [7, 11) is 0. The second-order valence-electron chi connectivity index (χ2n) is 16.0. The lowest BCUT2D eigenvalue weighted by atomic mass is 10.1. The maximum atomic E-state index is 12.7. The Hall–Kier alpha value is -4.19. The van der Waals surface area contributed by atoms with Crippen molar-refractivity contribution in [1.82, 2.24) is 0 Å². The van der Waals surface area contributed by atoms with E-state index in [9.17, 15) is 14.4 Å². The Bertz CT molecular complexity index is 1370. The van der Waals surface area contributed by atoms with Gasteiger partial charge in [0.05, 0.1) is 0 Å². The van der Waals surface area contributed by atoms with Gasteiger partial charge in [0.1, 0.15) is 13.2 Å². The molecule has 0 rings (SSSR count). The van der Waals surface area contributed by atoms with Gasteiger partial charge in [-0.05, 0) is 116 Å². The number of rotatable bonds is 43. The fourth-order valence-corrected chi connectivity index (χ4v) is 6.16. The molecule has 63 heavy (non-hydrogen) atoms. The van der Waals surface area contributed by atoms with Crippen molar-refractivity contribution in [2.45, 2.75) is 207 Å². The van der Waals surface area contributed by atoms with Crippen LogP contribution < -0.4 is 0 Å². The van der Waals surface area contributed by atoms with Gasteiger partial charge in [-0.3, -0.25) is 14.4 Å². The Balaban J connectivity index is 4.56. The van der Waals surface area contributed by atoms with Crippen LogP contribution in [0.4, 0.5) is 0 Å². The molecule has 0 amide bonds. The van der Waals surface area contributed by atoms with Gasteiger partial charge in [0, 0.05) is 19.3 Å². The average Bonchev–Trinajstić information content (AvgIpc) is 3.28. The van der Waals surface area contributed by atoms with E-state index in [1.807, 2.05) is 12.2 Å². The molecule has 0 unspecified atom stereocenters.